The fourth-order valence-electron chi connectivity index (χ4n) is 1.65. The van der Waals surface area contributed by atoms with Gasteiger partial charge in [-0.1, -0.05) is 25.1 Å². The standard InChI is InChI=1S/C13H20FNO/c1-3-8-15-10-13(2,16)9-11-6-4-5-7-12(11)14/h4-7,15-16H,3,8-10H2,1-2H3. The first-order valence-electron chi connectivity index (χ1n) is 5.71. The van der Waals surface area contributed by atoms with E-state index in [1.165, 1.54) is 6.07 Å². The van der Waals surface area contributed by atoms with Crippen LogP contribution in [0, 0.1) is 5.82 Å². The number of benzene rings is 1. The molecule has 0 fully saturated rings. The van der Waals surface area contributed by atoms with Crippen molar-refractivity contribution < 1.29 is 9.50 Å². The molecule has 2 nitrogen and oxygen atoms in total. The molecule has 0 amide bonds. The summed E-state index contributed by atoms with van der Waals surface area (Å²) in [7, 11) is 0. The van der Waals surface area contributed by atoms with Crippen LogP contribution < -0.4 is 5.32 Å². The Morgan fingerprint density at radius 3 is 2.69 bits per heavy atom. The zero-order valence-corrected chi connectivity index (χ0v) is 9.96. The van der Waals surface area contributed by atoms with Gasteiger partial charge in [-0.15, -0.1) is 0 Å². The predicted molar refractivity (Wildman–Crippen MR) is 63.9 cm³/mol. The predicted octanol–water partition coefficient (Wildman–Crippen LogP) is 2.12. The van der Waals surface area contributed by atoms with Gasteiger partial charge in [-0.3, -0.25) is 0 Å². The molecule has 3 heteroatoms. The molecule has 1 rings (SSSR count). The third kappa shape index (κ3) is 4.29. The van der Waals surface area contributed by atoms with Gasteiger partial charge < -0.3 is 10.4 Å². The van der Waals surface area contributed by atoms with Gasteiger partial charge in [0, 0.05) is 13.0 Å². The molecule has 0 aliphatic carbocycles. The molecular formula is C13H20FNO. The Labute approximate surface area is 96.5 Å². The second-order valence-electron chi connectivity index (χ2n) is 4.44. The van der Waals surface area contributed by atoms with Gasteiger partial charge in [-0.05, 0) is 31.5 Å². The number of nitrogens with one attached hydrogen (secondary N) is 1. The van der Waals surface area contributed by atoms with Crippen LogP contribution in [-0.4, -0.2) is 23.8 Å². The third-order valence-electron chi connectivity index (χ3n) is 2.46. The smallest absolute Gasteiger partial charge is 0.126 e. The normalized spacial score (nSPS) is 14.8. The van der Waals surface area contributed by atoms with E-state index in [1.54, 1.807) is 25.1 Å². The summed E-state index contributed by atoms with van der Waals surface area (Å²) < 4.78 is 13.4. The summed E-state index contributed by atoms with van der Waals surface area (Å²) >= 11 is 0. The summed E-state index contributed by atoms with van der Waals surface area (Å²) in [4.78, 5) is 0. The zero-order valence-electron chi connectivity index (χ0n) is 9.96. The minimum Gasteiger partial charge on any atom is -0.389 e. The summed E-state index contributed by atoms with van der Waals surface area (Å²) in [5.74, 6) is -0.252. The summed E-state index contributed by atoms with van der Waals surface area (Å²) in [6, 6.07) is 6.57. The highest BCUT2D eigenvalue weighted by Gasteiger charge is 2.21. The molecule has 1 atom stereocenters. The van der Waals surface area contributed by atoms with E-state index in [-0.39, 0.29) is 5.82 Å². The number of hydrogen-bond donors (Lipinski definition) is 2. The lowest BCUT2D eigenvalue weighted by Crippen LogP contribution is -2.40. The number of rotatable bonds is 6. The Morgan fingerprint density at radius 2 is 2.06 bits per heavy atom. The van der Waals surface area contributed by atoms with E-state index < -0.39 is 5.60 Å². The van der Waals surface area contributed by atoms with Crippen molar-refractivity contribution in [3.05, 3.63) is 35.6 Å². The average Bonchev–Trinajstić information content (AvgIpc) is 2.21. The van der Waals surface area contributed by atoms with Crippen LogP contribution in [0.25, 0.3) is 0 Å². The van der Waals surface area contributed by atoms with Gasteiger partial charge in [0.05, 0.1) is 5.60 Å². The second-order valence-corrected chi connectivity index (χ2v) is 4.44. The SMILES string of the molecule is CCCNCC(C)(O)Cc1ccccc1F. The van der Waals surface area contributed by atoms with Crippen LogP contribution in [0.4, 0.5) is 4.39 Å². The molecule has 0 bridgehead atoms. The highest BCUT2D eigenvalue weighted by Crippen LogP contribution is 2.15. The molecule has 0 aromatic heterocycles. The van der Waals surface area contributed by atoms with Gasteiger partial charge in [-0.2, -0.15) is 0 Å². The highest BCUT2D eigenvalue weighted by atomic mass is 19.1. The first-order chi connectivity index (χ1) is 7.55. The maximum Gasteiger partial charge on any atom is 0.126 e. The molecule has 1 aromatic carbocycles. The van der Waals surface area contributed by atoms with E-state index in [0.29, 0.717) is 18.5 Å². The molecule has 0 heterocycles. The Balaban J connectivity index is 2.55. The lowest BCUT2D eigenvalue weighted by Gasteiger charge is -2.24. The van der Waals surface area contributed by atoms with E-state index in [0.717, 1.165) is 13.0 Å². The van der Waals surface area contributed by atoms with Crippen LogP contribution in [0.5, 0.6) is 0 Å². The van der Waals surface area contributed by atoms with Crippen molar-refractivity contribution in [3.8, 4) is 0 Å². The number of halogens is 1. The topological polar surface area (TPSA) is 32.3 Å². The third-order valence-corrected chi connectivity index (χ3v) is 2.46. The monoisotopic (exact) mass is 225 g/mol. The molecule has 0 saturated heterocycles. The number of aliphatic hydroxyl groups is 1. The second kappa shape index (κ2) is 5.97. The van der Waals surface area contributed by atoms with Crippen molar-refractivity contribution in [1.82, 2.24) is 5.32 Å². The molecule has 2 N–H and O–H groups in total. The van der Waals surface area contributed by atoms with E-state index in [2.05, 4.69) is 12.2 Å². The Morgan fingerprint density at radius 1 is 1.38 bits per heavy atom. The Kier molecular flexibility index (Phi) is 4.90. The quantitative estimate of drug-likeness (QED) is 0.727. The molecule has 1 unspecified atom stereocenters. The van der Waals surface area contributed by atoms with Gasteiger partial charge >= 0.3 is 0 Å². The lowest BCUT2D eigenvalue weighted by molar-refractivity contribution is 0.0595. The van der Waals surface area contributed by atoms with E-state index >= 15 is 0 Å². The zero-order chi connectivity index (χ0) is 12.0. The molecule has 0 saturated carbocycles. The molecule has 16 heavy (non-hydrogen) atoms. The fourth-order valence-corrected chi connectivity index (χ4v) is 1.65. The van der Waals surface area contributed by atoms with Crippen molar-refractivity contribution in [1.29, 1.82) is 0 Å². The van der Waals surface area contributed by atoms with Crippen molar-refractivity contribution in [3.63, 3.8) is 0 Å². The summed E-state index contributed by atoms with van der Waals surface area (Å²) in [6.45, 7) is 5.14. The largest absolute Gasteiger partial charge is 0.389 e. The van der Waals surface area contributed by atoms with Crippen LogP contribution in [0.3, 0.4) is 0 Å². The minimum absolute atomic E-state index is 0.252. The van der Waals surface area contributed by atoms with Crippen molar-refractivity contribution in [2.75, 3.05) is 13.1 Å². The molecule has 0 spiro atoms. The summed E-state index contributed by atoms with van der Waals surface area (Å²) in [5, 5.41) is 13.2. The number of hydrogen-bond acceptors (Lipinski definition) is 2. The van der Waals surface area contributed by atoms with Crippen molar-refractivity contribution in [2.45, 2.75) is 32.3 Å². The molecular weight excluding hydrogens is 205 g/mol. The van der Waals surface area contributed by atoms with Gasteiger partial charge in [0.15, 0.2) is 0 Å². The fraction of sp³-hybridized carbons (Fsp3) is 0.538. The van der Waals surface area contributed by atoms with Crippen LogP contribution in [-0.2, 0) is 6.42 Å². The van der Waals surface area contributed by atoms with Crippen molar-refractivity contribution in [2.24, 2.45) is 0 Å². The van der Waals surface area contributed by atoms with Crippen LogP contribution in [0.1, 0.15) is 25.8 Å². The lowest BCUT2D eigenvalue weighted by atomic mass is 9.96. The minimum atomic E-state index is -0.905. The molecule has 90 valence electrons. The first kappa shape index (κ1) is 13.1. The maximum absolute atomic E-state index is 13.4. The van der Waals surface area contributed by atoms with Gasteiger partial charge in [-0.25, -0.2) is 4.39 Å². The van der Waals surface area contributed by atoms with Crippen molar-refractivity contribution >= 4 is 0 Å². The van der Waals surface area contributed by atoms with E-state index in [4.69, 9.17) is 0 Å². The maximum atomic E-state index is 13.4. The van der Waals surface area contributed by atoms with Gasteiger partial charge in [0.2, 0.25) is 0 Å². The van der Waals surface area contributed by atoms with Crippen LogP contribution in [0.15, 0.2) is 24.3 Å². The van der Waals surface area contributed by atoms with Crippen LogP contribution in [0.2, 0.25) is 0 Å². The van der Waals surface area contributed by atoms with E-state index in [1.807, 2.05) is 0 Å². The highest BCUT2D eigenvalue weighted by molar-refractivity contribution is 5.19. The molecule has 0 radical (unpaired) electrons. The average molecular weight is 225 g/mol. The molecule has 1 aromatic rings. The Hall–Kier alpha value is -0.930. The molecule has 0 aliphatic heterocycles. The Bertz CT molecular complexity index is 325. The van der Waals surface area contributed by atoms with Crippen LogP contribution >= 0.6 is 0 Å². The van der Waals surface area contributed by atoms with E-state index in [9.17, 15) is 9.50 Å². The van der Waals surface area contributed by atoms with Gasteiger partial charge in [0.1, 0.15) is 5.82 Å². The summed E-state index contributed by atoms with van der Waals surface area (Å²) in [5.41, 5.74) is -0.344. The first-order valence-corrected chi connectivity index (χ1v) is 5.71. The molecule has 0 aliphatic rings. The summed E-state index contributed by atoms with van der Waals surface area (Å²) in [6.07, 6.45) is 1.35. The van der Waals surface area contributed by atoms with Gasteiger partial charge in [0.25, 0.3) is 0 Å².